The summed E-state index contributed by atoms with van der Waals surface area (Å²) in [6, 6.07) is 17.8. The van der Waals surface area contributed by atoms with Crippen molar-refractivity contribution in [3.05, 3.63) is 84.8 Å². The number of fused-ring (bicyclic) bond motifs is 1. The Hall–Kier alpha value is -1.41. The monoisotopic (exact) mass is 506 g/mol. The normalized spacial score (nSPS) is 11.2. The van der Waals surface area contributed by atoms with E-state index in [2.05, 4.69) is 44.0 Å². The van der Waals surface area contributed by atoms with E-state index >= 15 is 0 Å². The van der Waals surface area contributed by atoms with Gasteiger partial charge in [0.15, 0.2) is 5.16 Å². The van der Waals surface area contributed by atoms with Crippen LogP contribution in [0.2, 0.25) is 0 Å². The summed E-state index contributed by atoms with van der Waals surface area (Å²) in [4.78, 5) is 17.8. The average Bonchev–Trinajstić information content (AvgIpc) is 3.11. The third kappa shape index (κ3) is 3.67. The number of nitrogens with zero attached hydrogens (tertiary/aromatic N) is 2. The van der Waals surface area contributed by atoms with Gasteiger partial charge in [0.05, 0.1) is 11.2 Å². The highest BCUT2D eigenvalue weighted by Gasteiger charge is 2.14. The number of hydrogen-bond donors (Lipinski definition) is 0. The van der Waals surface area contributed by atoms with Crippen LogP contribution in [0.5, 0.6) is 0 Å². The number of benzene rings is 2. The highest BCUT2D eigenvalue weighted by molar-refractivity contribution is 9.10. The molecule has 2 aromatic heterocycles. The van der Waals surface area contributed by atoms with Crippen molar-refractivity contribution in [3.63, 3.8) is 0 Å². The summed E-state index contributed by atoms with van der Waals surface area (Å²) in [6.45, 7) is 0. The van der Waals surface area contributed by atoms with Gasteiger partial charge >= 0.3 is 0 Å². The molecule has 0 amide bonds. The molecule has 4 rings (SSSR count). The summed E-state index contributed by atoms with van der Waals surface area (Å²) in [5.74, 6) is 0.742. The van der Waals surface area contributed by atoms with E-state index < -0.39 is 0 Å². The quantitative estimate of drug-likeness (QED) is 0.241. The van der Waals surface area contributed by atoms with Crippen LogP contribution in [0.25, 0.3) is 15.9 Å². The third-order valence-corrected chi connectivity index (χ3v) is 6.77. The van der Waals surface area contributed by atoms with Crippen LogP contribution < -0.4 is 5.56 Å². The van der Waals surface area contributed by atoms with E-state index in [0.29, 0.717) is 9.86 Å². The molecule has 0 aliphatic heterocycles. The smallest absolute Gasteiger partial charge is 0.267 e. The predicted molar refractivity (Wildman–Crippen MR) is 117 cm³/mol. The molecule has 7 heteroatoms. The average molecular weight is 508 g/mol. The van der Waals surface area contributed by atoms with Gasteiger partial charge in [-0.25, -0.2) is 4.98 Å². The van der Waals surface area contributed by atoms with E-state index in [1.807, 2.05) is 47.8 Å². The minimum Gasteiger partial charge on any atom is -0.267 e. The first kappa shape index (κ1) is 18.0. The molecule has 0 spiro atoms. The van der Waals surface area contributed by atoms with Gasteiger partial charge in [-0.2, -0.15) is 0 Å². The maximum atomic E-state index is 13.1. The van der Waals surface area contributed by atoms with Crippen molar-refractivity contribution < 1.29 is 0 Å². The summed E-state index contributed by atoms with van der Waals surface area (Å²) < 4.78 is 4.41. The third-order valence-electron chi connectivity index (χ3n) is 3.82. The van der Waals surface area contributed by atoms with Crippen LogP contribution in [0, 0.1) is 0 Å². The second kappa shape index (κ2) is 7.68. The molecule has 4 aromatic rings. The molecule has 0 aliphatic rings. The molecular formula is C19H12Br2N2OS2. The van der Waals surface area contributed by atoms with Crippen LogP contribution in [0.4, 0.5) is 0 Å². The Morgan fingerprint density at radius 1 is 0.962 bits per heavy atom. The second-order valence-corrected chi connectivity index (χ2v) is 9.25. The zero-order valence-corrected chi connectivity index (χ0v) is 18.2. The number of hydrogen-bond acceptors (Lipinski definition) is 4. The minimum atomic E-state index is -0.0226. The lowest BCUT2D eigenvalue weighted by molar-refractivity contribution is 0.822. The van der Waals surface area contributed by atoms with Gasteiger partial charge in [0.1, 0.15) is 4.70 Å². The van der Waals surface area contributed by atoms with Gasteiger partial charge in [-0.15, -0.1) is 11.3 Å². The summed E-state index contributed by atoms with van der Waals surface area (Å²) >= 11 is 9.90. The minimum absolute atomic E-state index is 0.0226. The molecule has 0 radical (unpaired) electrons. The number of aromatic nitrogens is 2. The van der Waals surface area contributed by atoms with Gasteiger partial charge in [0, 0.05) is 14.7 Å². The molecule has 3 nitrogen and oxygen atoms in total. The lowest BCUT2D eigenvalue weighted by Crippen LogP contribution is -2.20. The van der Waals surface area contributed by atoms with Gasteiger partial charge in [-0.3, -0.25) is 9.36 Å². The highest BCUT2D eigenvalue weighted by Crippen LogP contribution is 2.27. The fraction of sp³-hybridized carbons (Fsp3) is 0.0526. The van der Waals surface area contributed by atoms with Crippen molar-refractivity contribution in [2.24, 2.45) is 0 Å². The Balaban J connectivity index is 1.79. The van der Waals surface area contributed by atoms with Crippen LogP contribution in [0.15, 0.2) is 78.9 Å². The molecule has 0 aliphatic carbocycles. The van der Waals surface area contributed by atoms with E-state index in [9.17, 15) is 4.79 Å². The van der Waals surface area contributed by atoms with Gasteiger partial charge in [0.25, 0.3) is 5.56 Å². The molecule has 0 bridgehead atoms. The van der Waals surface area contributed by atoms with Crippen molar-refractivity contribution in [1.29, 1.82) is 0 Å². The largest absolute Gasteiger partial charge is 0.276 e. The number of halogens is 2. The first-order valence-corrected chi connectivity index (χ1v) is 11.2. The Labute approximate surface area is 175 Å². The molecule has 0 unspecified atom stereocenters. The van der Waals surface area contributed by atoms with Crippen LogP contribution in [0.3, 0.4) is 0 Å². The Bertz CT molecular complexity index is 1120. The fourth-order valence-corrected chi connectivity index (χ4v) is 4.79. The topological polar surface area (TPSA) is 34.9 Å². The molecule has 2 aromatic carbocycles. The molecule has 26 heavy (non-hydrogen) atoms. The van der Waals surface area contributed by atoms with E-state index in [0.717, 1.165) is 25.9 Å². The van der Waals surface area contributed by atoms with E-state index in [-0.39, 0.29) is 5.56 Å². The Kier molecular flexibility index (Phi) is 5.31. The van der Waals surface area contributed by atoms with Crippen LogP contribution in [-0.2, 0) is 5.75 Å². The predicted octanol–water partition coefficient (Wildman–Crippen LogP) is 6.26. The molecule has 0 atom stereocenters. The number of rotatable bonds is 4. The lowest BCUT2D eigenvalue weighted by atomic mass is 10.2. The zero-order valence-electron chi connectivity index (χ0n) is 13.4. The van der Waals surface area contributed by atoms with Crippen LogP contribution in [0.1, 0.15) is 5.56 Å². The Morgan fingerprint density at radius 2 is 1.62 bits per heavy atom. The maximum Gasteiger partial charge on any atom is 0.276 e. The van der Waals surface area contributed by atoms with E-state index in [1.54, 1.807) is 16.3 Å². The van der Waals surface area contributed by atoms with Crippen molar-refractivity contribution in [3.8, 4) is 5.69 Å². The van der Waals surface area contributed by atoms with Crippen LogP contribution >= 0.6 is 55.0 Å². The van der Waals surface area contributed by atoms with Gasteiger partial charge in [-0.1, -0.05) is 55.8 Å². The fourth-order valence-electron chi connectivity index (χ4n) is 2.54. The maximum absolute atomic E-state index is 13.1. The van der Waals surface area contributed by atoms with Crippen molar-refractivity contribution >= 4 is 65.2 Å². The zero-order chi connectivity index (χ0) is 18.1. The molecular weight excluding hydrogens is 496 g/mol. The SMILES string of the molecule is O=c1c2sccc2nc(SCc2ccc(Br)cc2)n1-c1ccc(Br)cc1. The summed E-state index contributed by atoms with van der Waals surface area (Å²) in [7, 11) is 0. The van der Waals surface area contributed by atoms with E-state index in [1.165, 1.54) is 16.9 Å². The molecule has 2 heterocycles. The molecule has 130 valence electrons. The molecule has 0 N–H and O–H groups in total. The van der Waals surface area contributed by atoms with Gasteiger partial charge in [-0.05, 0) is 53.4 Å². The Morgan fingerprint density at radius 3 is 2.31 bits per heavy atom. The lowest BCUT2D eigenvalue weighted by Gasteiger charge is -2.12. The highest BCUT2D eigenvalue weighted by atomic mass is 79.9. The van der Waals surface area contributed by atoms with Crippen LogP contribution in [-0.4, -0.2) is 9.55 Å². The first-order valence-electron chi connectivity index (χ1n) is 7.75. The van der Waals surface area contributed by atoms with E-state index in [4.69, 9.17) is 4.98 Å². The van der Waals surface area contributed by atoms with Crippen molar-refractivity contribution in [2.45, 2.75) is 10.9 Å². The summed E-state index contributed by atoms with van der Waals surface area (Å²) in [5, 5.41) is 2.61. The number of thiophene rings is 1. The second-order valence-electron chi connectivity index (χ2n) is 5.56. The first-order chi connectivity index (χ1) is 12.6. The summed E-state index contributed by atoms with van der Waals surface area (Å²) in [5.41, 5.74) is 2.73. The van der Waals surface area contributed by atoms with Gasteiger partial charge < -0.3 is 0 Å². The van der Waals surface area contributed by atoms with Crippen molar-refractivity contribution in [2.75, 3.05) is 0 Å². The van der Waals surface area contributed by atoms with Crippen molar-refractivity contribution in [1.82, 2.24) is 9.55 Å². The molecule has 0 fully saturated rings. The summed E-state index contributed by atoms with van der Waals surface area (Å²) in [6.07, 6.45) is 0. The number of thioether (sulfide) groups is 1. The molecule has 0 saturated heterocycles. The standard InChI is InChI=1S/C19H12Br2N2OS2/c20-13-3-1-12(2-4-13)11-26-19-22-16-9-10-25-17(16)18(24)23(19)15-7-5-14(21)6-8-15/h1-10H,11H2. The van der Waals surface area contributed by atoms with Gasteiger partial charge in [0.2, 0.25) is 0 Å². The molecule has 0 saturated carbocycles.